The van der Waals surface area contributed by atoms with E-state index in [0.29, 0.717) is 0 Å². The summed E-state index contributed by atoms with van der Waals surface area (Å²) in [6.07, 6.45) is 0. The monoisotopic (exact) mass is 510 g/mol. The van der Waals surface area contributed by atoms with Crippen molar-refractivity contribution in [3.05, 3.63) is 0 Å². The number of hydrogen-bond acceptors (Lipinski definition) is 8. The molecule has 8 nitrogen and oxygen atoms in total. The average Bonchev–Trinajstić information content (AvgIpc) is 1.76. The van der Waals surface area contributed by atoms with Crippen molar-refractivity contribution in [2.24, 2.45) is 0 Å². The van der Waals surface area contributed by atoms with Crippen molar-refractivity contribution in [2.45, 2.75) is 27.7 Å². The molecule has 0 aromatic heterocycles. The molecule has 0 aliphatic carbocycles. The molecule has 0 spiro atoms. The van der Waals surface area contributed by atoms with Gasteiger partial charge in [-0.1, -0.05) is 0 Å². The first kappa shape index (κ1) is 50.3. The maximum Gasteiger partial charge on any atom is 4.00 e. The van der Waals surface area contributed by atoms with Gasteiger partial charge in [-0.05, 0) is 27.7 Å². The predicted molar refractivity (Wildman–Crippen MR) is 42.7 cm³/mol. The number of halogens is 2. The van der Waals surface area contributed by atoms with Gasteiger partial charge in [0.15, 0.2) is 0 Å². The molecule has 0 saturated carbocycles. The molecule has 0 aromatic rings. The second kappa shape index (κ2) is 42.8. The van der Waals surface area contributed by atoms with Crippen LogP contribution in [0.1, 0.15) is 27.7 Å². The van der Waals surface area contributed by atoms with Crippen molar-refractivity contribution in [2.75, 3.05) is 0 Å². The molecule has 0 atom stereocenters. The van der Waals surface area contributed by atoms with E-state index in [4.69, 9.17) is 39.6 Å². The van der Waals surface area contributed by atoms with Crippen LogP contribution >= 0.6 is 0 Å². The summed E-state index contributed by atoms with van der Waals surface area (Å²) in [5.41, 5.74) is 0. The predicted octanol–water partition coefficient (Wildman–Crippen LogP) is -11.0. The van der Waals surface area contributed by atoms with Crippen LogP contribution in [0.2, 0.25) is 0 Å². The summed E-state index contributed by atoms with van der Waals surface area (Å²) in [4.78, 5) is 35.6. The zero-order chi connectivity index (χ0) is 14.3. The smallest absolute Gasteiger partial charge is 1.00 e. The van der Waals surface area contributed by atoms with Gasteiger partial charge in [-0.25, -0.2) is 0 Å². The fraction of sp³-hybridized carbons (Fsp3) is 0.500. The minimum atomic E-state index is -1.08. The number of rotatable bonds is 0. The maximum atomic E-state index is 8.89. The quantitative estimate of drug-likeness (QED) is 0.291. The second-order valence-corrected chi connectivity index (χ2v) is 1.97. The van der Waals surface area contributed by atoms with Gasteiger partial charge < -0.3 is 64.4 Å². The molecule has 20 heavy (non-hydrogen) atoms. The average molecular weight is 509 g/mol. The van der Waals surface area contributed by atoms with E-state index in [9.17, 15) is 0 Å². The summed E-state index contributed by atoms with van der Waals surface area (Å²) < 4.78 is 0. The van der Waals surface area contributed by atoms with Crippen LogP contribution in [0.25, 0.3) is 0 Å². The van der Waals surface area contributed by atoms with Crippen molar-refractivity contribution in [3.8, 4) is 0 Å². The third kappa shape index (κ3) is 57500. The third-order valence-corrected chi connectivity index (χ3v) is 0. The van der Waals surface area contributed by atoms with E-state index in [1.54, 1.807) is 0 Å². The summed E-state index contributed by atoms with van der Waals surface area (Å²) in [5, 5.41) is 35.6. The summed E-state index contributed by atoms with van der Waals surface area (Å²) in [6, 6.07) is 0. The summed E-state index contributed by atoms with van der Waals surface area (Å²) >= 11 is 0. The van der Waals surface area contributed by atoms with Gasteiger partial charge in [-0.15, -0.1) is 0 Å². The molecule has 0 heterocycles. The molecule has 0 bridgehead atoms. The van der Waals surface area contributed by atoms with Crippen molar-refractivity contribution >= 4 is 23.9 Å². The number of carboxylic acids is 4. The van der Waals surface area contributed by atoms with E-state index in [-0.39, 0.29) is 63.8 Å². The molecule has 0 aromatic carbocycles. The Bertz CT molecular complexity index is 175. The summed E-state index contributed by atoms with van der Waals surface area (Å²) in [6.45, 7) is 3.89. The van der Waals surface area contributed by atoms with Crippen LogP contribution in [0, 0.1) is 0 Å². The number of hydrogen-bond donors (Lipinski definition) is 0. The van der Waals surface area contributed by atoms with Crippen LogP contribution in [0.15, 0.2) is 0 Å². The van der Waals surface area contributed by atoms with Gasteiger partial charge in [-0.2, -0.15) is 0 Å². The molecule has 0 unspecified atom stereocenters. The molecule has 0 aliphatic rings. The van der Waals surface area contributed by atoms with E-state index >= 15 is 0 Å². The topological polar surface area (TPSA) is 161 Å². The van der Waals surface area contributed by atoms with Gasteiger partial charge in [0.05, 0.1) is 0 Å². The number of aliphatic carboxylic acids is 4. The van der Waals surface area contributed by atoms with E-state index < -0.39 is 23.9 Å². The standard InChI is InChI=1S/4C2H4O2.2ClH.2Ru/c4*1-2(3)4;;;;/h4*1H3,(H,3,4);2*1H;;/q;;;;;;+2;+4/p-6. The Kier molecular flexibility index (Phi) is 108. The fourth-order valence-electron chi connectivity index (χ4n) is 0. The maximum absolute atomic E-state index is 8.89. The zero-order valence-electron chi connectivity index (χ0n) is 10.7. The first-order valence-corrected chi connectivity index (χ1v) is 3.63. The molecule has 12 heteroatoms. The van der Waals surface area contributed by atoms with E-state index in [2.05, 4.69) is 0 Å². The molecule has 0 amide bonds. The fourth-order valence-corrected chi connectivity index (χ4v) is 0. The molecule has 0 fully saturated rings. The molecule has 0 saturated heterocycles. The van der Waals surface area contributed by atoms with E-state index in [1.807, 2.05) is 0 Å². The van der Waals surface area contributed by atoms with Crippen molar-refractivity contribution < 1.29 is 103 Å². The van der Waals surface area contributed by atoms with Crippen LogP contribution in [0.4, 0.5) is 0 Å². The Labute approximate surface area is 154 Å². The van der Waals surface area contributed by atoms with Gasteiger partial charge in [-0.3, -0.25) is 0 Å². The summed E-state index contributed by atoms with van der Waals surface area (Å²) in [7, 11) is 0. The molecular weight excluding hydrogens is 497 g/mol. The summed E-state index contributed by atoms with van der Waals surface area (Å²) in [5.74, 6) is -4.33. The van der Waals surface area contributed by atoms with Gasteiger partial charge in [0.2, 0.25) is 0 Å². The normalized spacial score (nSPS) is 5.00. The van der Waals surface area contributed by atoms with Crippen LogP contribution in [-0.4, -0.2) is 23.9 Å². The Morgan fingerprint density at radius 3 is 0.550 bits per heavy atom. The minimum Gasteiger partial charge on any atom is -1.00 e. The second-order valence-electron chi connectivity index (χ2n) is 1.97. The Balaban J connectivity index is -0.0000000150. The molecular formula is C8H12Cl2O8Ru2. The van der Waals surface area contributed by atoms with Crippen LogP contribution in [0.3, 0.4) is 0 Å². The Morgan fingerprint density at radius 1 is 0.550 bits per heavy atom. The number of carbonyl (C=O) groups excluding carboxylic acids is 4. The molecule has 0 aliphatic heterocycles. The first-order chi connectivity index (χ1) is 6.93. The Morgan fingerprint density at radius 2 is 0.550 bits per heavy atom. The molecule has 0 rings (SSSR count). The SMILES string of the molecule is CC(=O)[O-].CC(=O)[O-].CC(=O)[O-].CC(=O)[O-].[Cl-].[Cl-].[Ru+2].[Ru+4]. The first-order valence-electron chi connectivity index (χ1n) is 3.63. The van der Waals surface area contributed by atoms with E-state index in [0.717, 1.165) is 27.7 Å². The van der Waals surface area contributed by atoms with Crippen molar-refractivity contribution in [3.63, 3.8) is 0 Å². The minimum absolute atomic E-state index is 0. The Hall–Kier alpha value is -0.293. The molecule has 0 N–H and O–H groups in total. The van der Waals surface area contributed by atoms with E-state index in [1.165, 1.54) is 0 Å². The molecule has 122 valence electrons. The number of carboxylic acid groups (broad SMARTS) is 4. The van der Waals surface area contributed by atoms with Crippen LogP contribution in [0.5, 0.6) is 0 Å². The zero-order valence-corrected chi connectivity index (χ0v) is 15.7. The molecule has 0 radical (unpaired) electrons. The van der Waals surface area contributed by atoms with Crippen molar-refractivity contribution in [1.82, 2.24) is 0 Å². The number of carbonyl (C=O) groups is 4. The third-order valence-electron chi connectivity index (χ3n) is 0. The van der Waals surface area contributed by atoms with Crippen LogP contribution in [-0.2, 0) is 58.1 Å². The largest absolute Gasteiger partial charge is 4.00 e. The van der Waals surface area contributed by atoms with Crippen LogP contribution < -0.4 is 45.2 Å². The van der Waals surface area contributed by atoms with Gasteiger partial charge in [0, 0.05) is 23.9 Å². The van der Waals surface area contributed by atoms with Gasteiger partial charge in [0.25, 0.3) is 0 Å². The van der Waals surface area contributed by atoms with Gasteiger partial charge >= 0.3 is 39.0 Å². The van der Waals surface area contributed by atoms with Gasteiger partial charge in [0.1, 0.15) is 0 Å². The van der Waals surface area contributed by atoms with Crippen molar-refractivity contribution in [1.29, 1.82) is 0 Å².